The second kappa shape index (κ2) is 5.82. The Bertz CT molecular complexity index is 577. The van der Waals surface area contributed by atoms with E-state index in [1.165, 1.54) is 24.3 Å². The second-order valence-electron chi connectivity index (χ2n) is 4.50. The molecular weight excluding hydrogens is 262 g/mol. The van der Waals surface area contributed by atoms with Crippen LogP contribution in [0.3, 0.4) is 0 Å². The molecule has 0 amide bonds. The van der Waals surface area contributed by atoms with Crippen LogP contribution in [0.15, 0.2) is 54.6 Å². The third-order valence-corrected chi connectivity index (χ3v) is 2.88. The van der Waals surface area contributed by atoms with Crippen molar-refractivity contribution >= 4 is 5.97 Å². The zero-order chi connectivity index (χ0) is 14.6. The summed E-state index contributed by atoms with van der Waals surface area (Å²) in [4.78, 5) is 11.6. The average molecular weight is 276 g/mol. The molecule has 0 spiro atoms. The predicted molar refractivity (Wildman–Crippen MR) is 71.3 cm³/mol. The van der Waals surface area contributed by atoms with Gasteiger partial charge in [0.15, 0.2) is 0 Å². The zero-order valence-electron chi connectivity index (χ0n) is 11.0. The highest BCUT2D eigenvalue weighted by atomic mass is 19.3. The number of carbonyl (C=O) groups excluding carboxylic acids is 1. The zero-order valence-corrected chi connectivity index (χ0v) is 11.0. The van der Waals surface area contributed by atoms with Crippen molar-refractivity contribution in [3.05, 3.63) is 71.3 Å². The van der Waals surface area contributed by atoms with Crippen LogP contribution in [0.2, 0.25) is 0 Å². The molecule has 2 aromatic carbocycles. The molecule has 2 aromatic rings. The molecule has 0 aromatic heterocycles. The molecule has 0 aliphatic carbocycles. The molecular formula is C16H14F2O2. The van der Waals surface area contributed by atoms with Crippen LogP contribution in [0.5, 0.6) is 0 Å². The number of alkyl halides is 2. The maximum Gasteiger partial charge on any atom is 0.382 e. The van der Waals surface area contributed by atoms with Crippen molar-refractivity contribution in [3.8, 4) is 0 Å². The molecule has 2 nitrogen and oxygen atoms in total. The Morgan fingerprint density at radius 1 is 1.05 bits per heavy atom. The minimum atomic E-state index is -3.64. The monoisotopic (exact) mass is 276 g/mol. The highest BCUT2D eigenvalue weighted by molar-refractivity contribution is 5.79. The van der Waals surface area contributed by atoms with Crippen molar-refractivity contribution in [1.82, 2.24) is 0 Å². The van der Waals surface area contributed by atoms with Gasteiger partial charge in [-0.2, -0.15) is 8.78 Å². The summed E-state index contributed by atoms with van der Waals surface area (Å²) in [6, 6.07) is 14.3. The average Bonchev–Trinajstić information content (AvgIpc) is 2.46. The second-order valence-corrected chi connectivity index (χ2v) is 4.50. The molecule has 0 unspecified atom stereocenters. The van der Waals surface area contributed by atoms with Crippen molar-refractivity contribution in [2.45, 2.75) is 19.5 Å². The molecule has 0 bridgehead atoms. The number of rotatable bonds is 4. The van der Waals surface area contributed by atoms with Gasteiger partial charge in [0.2, 0.25) is 0 Å². The summed E-state index contributed by atoms with van der Waals surface area (Å²) < 4.78 is 32.5. The SMILES string of the molecule is Cc1ccc(C(F)(F)C(=O)OCc2ccccc2)cc1. The van der Waals surface area contributed by atoms with Gasteiger partial charge < -0.3 is 4.74 Å². The number of esters is 1. The molecule has 0 radical (unpaired) electrons. The molecule has 104 valence electrons. The summed E-state index contributed by atoms with van der Waals surface area (Å²) in [7, 11) is 0. The Hall–Kier alpha value is -2.23. The quantitative estimate of drug-likeness (QED) is 0.793. The van der Waals surface area contributed by atoms with E-state index < -0.39 is 11.9 Å². The first-order chi connectivity index (χ1) is 9.50. The number of aryl methyl sites for hydroxylation is 1. The molecule has 2 rings (SSSR count). The van der Waals surface area contributed by atoms with E-state index in [-0.39, 0.29) is 12.2 Å². The van der Waals surface area contributed by atoms with Crippen LogP contribution in [0.1, 0.15) is 16.7 Å². The van der Waals surface area contributed by atoms with Crippen LogP contribution in [0.4, 0.5) is 8.78 Å². The number of hydrogen-bond acceptors (Lipinski definition) is 2. The summed E-state index contributed by atoms with van der Waals surface area (Å²) in [5.41, 5.74) is 1.16. The summed E-state index contributed by atoms with van der Waals surface area (Å²) >= 11 is 0. The standard InChI is InChI=1S/C16H14F2O2/c1-12-7-9-14(10-8-12)16(17,18)15(19)20-11-13-5-3-2-4-6-13/h2-10H,11H2,1H3. The normalized spacial score (nSPS) is 11.2. The topological polar surface area (TPSA) is 26.3 Å². The van der Waals surface area contributed by atoms with Gasteiger partial charge in [-0.15, -0.1) is 0 Å². The first kappa shape index (κ1) is 14.2. The number of benzene rings is 2. The van der Waals surface area contributed by atoms with Crippen molar-refractivity contribution in [3.63, 3.8) is 0 Å². The van der Waals surface area contributed by atoms with Gasteiger partial charge in [-0.25, -0.2) is 4.79 Å². The van der Waals surface area contributed by atoms with Gasteiger partial charge in [0, 0.05) is 5.56 Å². The maximum atomic E-state index is 13.9. The van der Waals surface area contributed by atoms with Crippen LogP contribution in [0, 0.1) is 6.92 Å². The number of hydrogen-bond donors (Lipinski definition) is 0. The van der Waals surface area contributed by atoms with Crippen LogP contribution in [-0.4, -0.2) is 5.97 Å². The predicted octanol–water partition coefficient (Wildman–Crippen LogP) is 3.83. The van der Waals surface area contributed by atoms with Gasteiger partial charge in [0.25, 0.3) is 0 Å². The Morgan fingerprint density at radius 2 is 1.65 bits per heavy atom. The summed E-state index contributed by atoms with van der Waals surface area (Å²) in [5, 5.41) is 0. The minimum Gasteiger partial charge on any atom is -0.456 e. The van der Waals surface area contributed by atoms with Crippen molar-refractivity contribution in [2.75, 3.05) is 0 Å². The number of halogens is 2. The van der Waals surface area contributed by atoms with E-state index in [0.29, 0.717) is 5.56 Å². The van der Waals surface area contributed by atoms with E-state index in [2.05, 4.69) is 4.74 Å². The lowest BCUT2D eigenvalue weighted by Crippen LogP contribution is -2.28. The molecule has 0 atom stereocenters. The lowest BCUT2D eigenvalue weighted by atomic mass is 10.1. The fourth-order valence-corrected chi connectivity index (χ4v) is 1.69. The molecule has 0 heterocycles. The lowest BCUT2D eigenvalue weighted by Gasteiger charge is -2.15. The highest BCUT2D eigenvalue weighted by Crippen LogP contribution is 2.29. The Morgan fingerprint density at radius 3 is 2.25 bits per heavy atom. The molecule has 0 aliphatic heterocycles. The fourth-order valence-electron chi connectivity index (χ4n) is 1.69. The smallest absolute Gasteiger partial charge is 0.382 e. The van der Waals surface area contributed by atoms with Crippen LogP contribution < -0.4 is 0 Å². The fraction of sp³-hybridized carbons (Fsp3) is 0.188. The van der Waals surface area contributed by atoms with Crippen molar-refractivity contribution in [2.24, 2.45) is 0 Å². The van der Waals surface area contributed by atoms with Gasteiger partial charge >= 0.3 is 11.9 Å². The Labute approximate surface area is 116 Å². The van der Waals surface area contributed by atoms with Crippen LogP contribution in [0.25, 0.3) is 0 Å². The van der Waals surface area contributed by atoms with E-state index in [1.807, 2.05) is 0 Å². The molecule has 0 saturated carbocycles. The summed E-state index contributed by atoms with van der Waals surface area (Å²) in [6.45, 7) is 1.62. The first-order valence-electron chi connectivity index (χ1n) is 6.16. The molecule has 0 aliphatic rings. The van der Waals surface area contributed by atoms with Gasteiger partial charge in [0.05, 0.1) is 0 Å². The largest absolute Gasteiger partial charge is 0.456 e. The van der Waals surface area contributed by atoms with E-state index >= 15 is 0 Å². The van der Waals surface area contributed by atoms with Crippen LogP contribution in [-0.2, 0) is 22.1 Å². The van der Waals surface area contributed by atoms with E-state index in [0.717, 1.165) is 5.56 Å². The molecule has 0 N–H and O–H groups in total. The van der Waals surface area contributed by atoms with Gasteiger partial charge in [0.1, 0.15) is 6.61 Å². The summed E-state index contributed by atoms with van der Waals surface area (Å²) in [5.74, 6) is -5.17. The third kappa shape index (κ3) is 3.20. The van der Waals surface area contributed by atoms with E-state index in [4.69, 9.17) is 0 Å². The Balaban J connectivity index is 2.05. The lowest BCUT2D eigenvalue weighted by molar-refractivity contribution is -0.175. The van der Waals surface area contributed by atoms with Crippen molar-refractivity contribution in [1.29, 1.82) is 0 Å². The van der Waals surface area contributed by atoms with Gasteiger partial charge in [-0.1, -0.05) is 60.2 Å². The number of ether oxygens (including phenoxy) is 1. The van der Waals surface area contributed by atoms with E-state index in [1.54, 1.807) is 37.3 Å². The first-order valence-corrected chi connectivity index (χ1v) is 6.16. The number of carbonyl (C=O) groups is 1. The van der Waals surface area contributed by atoms with E-state index in [9.17, 15) is 13.6 Å². The van der Waals surface area contributed by atoms with Crippen molar-refractivity contribution < 1.29 is 18.3 Å². The molecule has 20 heavy (non-hydrogen) atoms. The van der Waals surface area contributed by atoms with Gasteiger partial charge in [-0.05, 0) is 12.5 Å². The highest BCUT2D eigenvalue weighted by Gasteiger charge is 2.42. The van der Waals surface area contributed by atoms with Gasteiger partial charge in [-0.3, -0.25) is 0 Å². The molecule has 4 heteroatoms. The minimum absolute atomic E-state index is 0.166. The molecule has 0 fully saturated rings. The summed E-state index contributed by atoms with van der Waals surface area (Å²) in [6.07, 6.45) is 0. The third-order valence-electron chi connectivity index (χ3n) is 2.88. The molecule has 0 saturated heterocycles. The van der Waals surface area contributed by atoms with Crippen LogP contribution >= 0.6 is 0 Å². The Kier molecular flexibility index (Phi) is 4.13. The maximum absolute atomic E-state index is 13.9.